The second kappa shape index (κ2) is 8.45. The van der Waals surface area contributed by atoms with Crippen LogP contribution in [0.2, 0.25) is 5.02 Å². The summed E-state index contributed by atoms with van der Waals surface area (Å²) in [6.07, 6.45) is 0. The van der Waals surface area contributed by atoms with Crippen LogP contribution in [0.1, 0.15) is 15.9 Å². The first-order chi connectivity index (χ1) is 11.5. The summed E-state index contributed by atoms with van der Waals surface area (Å²) in [6, 6.07) is 10.9. The molecule has 0 aromatic heterocycles. The molecule has 0 saturated heterocycles. The van der Waals surface area contributed by atoms with Crippen molar-refractivity contribution in [1.82, 2.24) is 5.32 Å². The number of methoxy groups -OCH3 is 2. The largest absolute Gasteiger partial charge is 0.493 e. The molecule has 0 atom stereocenters. The highest BCUT2D eigenvalue weighted by atomic mass is 35.5. The Labute approximate surface area is 146 Å². The molecule has 1 amide bonds. The molecular weight excluding hydrogens is 330 g/mol. The summed E-state index contributed by atoms with van der Waals surface area (Å²) in [5.41, 5.74) is 1.56. The molecule has 0 aliphatic heterocycles. The second-order valence-corrected chi connectivity index (χ2v) is 5.52. The molecule has 2 rings (SSSR count). The van der Waals surface area contributed by atoms with Gasteiger partial charge in [0.15, 0.2) is 11.5 Å². The van der Waals surface area contributed by atoms with Crippen molar-refractivity contribution >= 4 is 17.5 Å². The molecule has 0 radical (unpaired) electrons. The summed E-state index contributed by atoms with van der Waals surface area (Å²) >= 11 is 6.10. The van der Waals surface area contributed by atoms with Gasteiger partial charge in [-0.2, -0.15) is 0 Å². The first-order valence-corrected chi connectivity index (χ1v) is 7.82. The van der Waals surface area contributed by atoms with Crippen molar-refractivity contribution in [2.24, 2.45) is 0 Å². The van der Waals surface area contributed by atoms with E-state index < -0.39 is 0 Å². The molecule has 1 N–H and O–H groups in total. The number of carbonyl (C=O) groups is 1. The van der Waals surface area contributed by atoms with Gasteiger partial charge in [0, 0.05) is 5.56 Å². The Balaban J connectivity index is 1.90. The fourth-order valence-corrected chi connectivity index (χ4v) is 2.41. The smallest absolute Gasteiger partial charge is 0.251 e. The van der Waals surface area contributed by atoms with Gasteiger partial charge in [0.1, 0.15) is 12.4 Å². The summed E-state index contributed by atoms with van der Waals surface area (Å²) in [6.45, 7) is 2.76. The third-order valence-electron chi connectivity index (χ3n) is 3.37. The molecule has 0 aliphatic carbocycles. The van der Waals surface area contributed by atoms with E-state index in [9.17, 15) is 4.79 Å². The molecule has 0 aliphatic rings. The highest BCUT2D eigenvalue weighted by molar-refractivity contribution is 6.32. The van der Waals surface area contributed by atoms with E-state index in [0.29, 0.717) is 35.2 Å². The Bertz CT molecular complexity index is 701. The SMILES string of the molecule is COc1cc(C(=O)NCCOc2ccc(C)cc2)cc(Cl)c1OC. The molecule has 0 fully saturated rings. The van der Waals surface area contributed by atoms with Gasteiger partial charge in [-0.05, 0) is 31.2 Å². The number of amides is 1. The summed E-state index contributed by atoms with van der Waals surface area (Å²) in [4.78, 5) is 12.2. The molecule has 128 valence electrons. The number of halogens is 1. The lowest BCUT2D eigenvalue weighted by molar-refractivity contribution is 0.0946. The van der Waals surface area contributed by atoms with E-state index in [1.54, 1.807) is 12.1 Å². The van der Waals surface area contributed by atoms with Crippen LogP contribution >= 0.6 is 11.6 Å². The molecule has 0 bridgehead atoms. The van der Waals surface area contributed by atoms with E-state index >= 15 is 0 Å². The maximum Gasteiger partial charge on any atom is 0.251 e. The molecule has 0 heterocycles. The Kier molecular flexibility index (Phi) is 6.32. The minimum atomic E-state index is -0.259. The summed E-state index contributed by atoms with van der Waals surface area (Å²) in [5, 5.41) is 3.10. The van der Waals surface area contributed by atoms with Crippen LogP contribution in [0.3, 0.4) is 0 Å². The minimum absolute atomic E-state index is 0.259. The van der Waals surface area contributed by atoms with Gasteiger partial charge in [-0.1, -0.05) is 29.3 Å². The maximum absolute atomic E-state index is 12.2. The number of rotatable bonds is 7. The monoisotopic (exact) mass is 349 g/mol. The lowest BCUT2D eigenvalue weighted by Gasteiger charge is -2.12. The highest BCUT2D eigenvalue weighted by Crippen LogP contribution is 2.35. The maximum atomic E-state index is 12.2. The number of aryl methyl sites for hydroxylation is 1. The zero-order valence-electron chi connectivity index (χ0n) is 13.9. The van der Waals surface area contributed by atoms with Gasteiger partial charge in [-0.25, -0.2) is 0 Å². The van der Waals surface area contributed by atoms with Gasteiger partial charge < -0.3 is 19.5 Å². The fourth-order valence-electron chi connectivity index (χ4n) is 2.12. The van der Waals surface area contributed by atoms with Gasteiger partial charge in [0.05, 0.1) is 25.8 Å². The number of hydrogen-bond acceptors (Lipinski definition) is 4. The molecule has 5 nitrogen and oxygen atoms in total. The third-order valence-corrected chi connectivity index (χ3v) is 3.65. The van der Waals surface area contributed by atoms with Crippen LogP contribution < -0.4 is 19.5 Å². The standard InChI is InChI=1S/C18H20ClNO4/c1-12-4-6-14(7-5-12)24-9-8-20-18(21)13-10-15(19)17(23-3)16(11-13)22-2/h4-7,10-11H,8-9H2,1-3H3,(H,20,21). The Morgan fingerprint density at radius 2 is 1.83 bits per heavy atom. The second-order valence-electron chi connectivity index (χ2n) is 5.11. The zero-order valence-corrected chi connectivity index (χ0v) is 14.6. The van der Waals surface area contributed by atoms with Crippen LogP contribution in [-0.2, 0) is 0 Å². The number of carbonyl (C=O) groups excluding carboxylic acids is 1. The molecule has 0 spiro atoms. The Morgan fingerprint density at radius 3 is 2.46 bits per heavy atom. The molecular formula is C18H20ClNO4. The van der Waals surface area contributed by atoms with Gasteiger partial charge >= 0.3 is 0 Å². The average molecular weight is 350 g/mol. The van der Waals surface area contributed by atoms with Crippen LogP contribution in [0.15, 0.2) is 36.4 Å². The summed E-state index contributed by atoms with van der Waals surface area (Å²) in [7, 11) is 2.98. The number of benzene rings is 2. The van der Waals surface area contributed by atoms with Crippen molar-refractivity contribution in [2.75, 3.05) is 27.4 Å². The zero-order chi connectivity index (χ0) is 17.5. The lowest BCUT2D eigenvalue weighted by atomic mass is 10.2. The van der Waals surface area contributed by atoms with E-state index in [-0.39, 0.29) is 5.91 Å². The van der Waals surface area contributed by atoms with Gasteiger partial charge in [0.25, 0.3) is 5.91 Å². The minimum Gasteiger partial charge on any atom is -0.493 e. The normalized spacial score (nSPS) is 10.2. The molecule has 0 saturated carbocycles. The Hall–Kier alpha value is -2.40. The van der Waals surface area contributed by atoms with Crippen LogP contribution in [0.4, 0.5) is 0 Å². The lowest BCUT2D eigenvalue weighted by Crippen LogP contribution is -2.28. The number of nitrogens with one attached hydrogen (secondary N) is 1. The topological polar surface area (TPSA) is 56.8 Å². The van der Waals surface area contributed by atoms with Crippen molar-refractivity contribution in [3.63, 3.8) is 0 Å². The molecule has 2 aromatic carbocycles. The van der Waals surface area contributed by atoms with Gasteiger partial charge in [-0.15, -0.1) is 0 Å². The van der Waals surface area contributed by atoms with E-state index in [4.69, 9.17) is 25.8 Å². The highest BCUT2D eigenvalue weighted by Gasteiger charge is 2.14. The predicted molar refractivity (Wildman–Crippen MR) is 93.6 cm³/mol. The first kappa shape index (κ1) is 17.9. The summed E-state index contributed by atoms with van der Waals surface area (Å²) < 4.78 is 15.9. The van der Waals surface area contributed by atoms with E-state index in [0.717, 1.165) is 5.75 Å². The Morgan fingerprint density at radius 1 is 1.12 bits per heavy atom. The van der Waals surface area contributed by atoms with Crippen molar-refractivity contribution in [3.8, 4) is 17.2 Å². The van der Waals surface area contributed by atoms with Crippen molar-refractivity contribution < 1.29 is 19.0 Å². The van der Waals surface area contributed by atoms with E-state index in [1.165, 1.54) is 19.8 Å². The van der Waals surface area contributed by atoms with Crippen molar-refractivity contribution in [2.45, 2.75) is 6.92 Å². The van der Waals surface area contributed by atoms with Crippen molar-refractivity contribution in [3.05, 3.63) is 52.5 Å². The molecule has 6 heteroatoms. The third kappa shape index (κ3) is 4.55. The van der Waals surface area contributed by atoms with Crippen LogP contribution in [0.25, 0.3) is 0 Å². The number of ether oxygens (including phenoxy) is 3. The fraction of sp³-hybridized carbons (Fsp3) is 0.278. The van der Waals surface area contributed by atoms with Crippen LogP contribution in [-0.4, -0.2) is 33.3 Å². The number of hydrogen-bond donors (Lipinski definition) is 1. The quantitative estimate of drug-likeness (QED) is 0.777. The van der Waals surface area contributed by atoms with E-state index in [1.807, 2.05) is 31.2 Å². The predicted octanol–water partition coefficient (Wildman–Crippen LogP) is 3.47. The molecule has 0 unspecified atom stereocenters. The van der Waals surface area contributed by atoms with Crippen LogP contribution in [0, 0.1) is 6.92 Å². The first-order valence-electron chi connectivity index (χ1n) is 7.44. The van der Waals surface area contributed by atoms with Crippen molar-refractivity contribution in [1.29, 1.82) is 0 Å². The van der Waals surface area contributed by atoms with E-state index in [2.05, 4.69) is 5.32 Å². The average Bonchev–Trinajstić information content (AvgIpc) is 2.59. The summed E-state index contributed by atoms with van der Waals surface area (Å²) in [5.74, 6) is 1.32. The van der Waals surface area contributed by atoms with Crippen LogP contribution in [0.5, 0.6) is 17.2 Å². The molecule has 24 heavy (non-hydrogen) atoms. The van der Waals surface area contributed by atoms with Gasteiger partial charge in [0.2, 0.25) is 0 Å². The molecule has 2 aromatic rings. The van der Waals surface area contributed by atoms with Gasteiger partial charge in [-0.3, -0.25) is 4.79 Å².